The second kappa shape index (κ2) is 2.92. The summed E-state index contributed by atoms with van der Waals surface area (Å²) < 4.78 is 5.28. The molecule has 1 N–H and O–H groups in total. The van der Waals surface area contributed by atoms with Crippen molar-refractivity contribution >= 4 is 11.6 Å². The zero-order chi connectivity index (χ0) is 8.55. The predicted molar refractivity (Wildman–Crippen MR) is 44.6 cm³/mol. The summed E-state index contributed by atoms with van der Waals surface area (Å²) in [5.41, 5.74) is 0.956. The number of fused-ring (bicyclic) bond motifs is 1. The molecule has 0 aromatic carbocycles. The normalized spacial score (nSPS) is 20.3. The number of hydrogen-bond donors (Lipinski definition) is 1. The summed E-state index contributed by atoms with van der Waals surface area (Å²) in [6.45, 7) is 0.588. The van der Waals surface area contributed by atoms with E-state index < -0.39 is 0 Å². The van der Waals surface area contributed by atoms with Crippen LogP contribution in [-0.2, 0) is 0 Å². The van der Waals surface area contributed by atoms with Crippen molar-refractivity contribution in [3.8, 4) is 5.75 Å². The Kier molecular flexibility index (Phi) is 1.90. The first-order chi connectivity index (χ1) is 5.83. The molecule has 3 nitrogen and oxygen atoms in total. The molecule has 1 aromatic heterocycles. The van der Waals surface area contributed by atoms with Crippen LogP contribution in [0, 0.1) is 0 Å². The molecule has 1 aliphatic rings. The van der Waals surface area contributed by atoms with Crippen molar-refractivity contribution in [2.24, 2.45) is 0 Å². The largest absolute Gasteiger partial charge is 0.489 e. The Hall–Kier alpha value is -0.800. The standard InChI is InChI=1S/C8H8ClNO2/c9-8-7-6(1-2-10-8)5(3-11)4-12-7/h1-2,5,11H,3-4H2. The molecule has 1 unspecified atom stereocenters. The summed E-state index contributed by atoms with van der Waals surface area (Å²) in [4.78, 5) is 3.88. The van der Waals surface area contributed by atoms with Gasteiger partial charge in [0, 0.05) is 17.7 Å². The highest BCUT2D eigenvalue weighted by atomic mass is 35.5. The third kappa shape index (κ3) is 1.06. The molecule has 0 fully saturated rings. The Morgan fingerprint density at radius 1 is 1.75 bits per heavy atom. The van der Waals surface area contributed by atoms with Gasteiger partial charge in [-0.2, -0.15) is 0 Å². The minimum Gasteiger partial charge on any atom is -0.489 e. The number of pyridine rings is 1. The van der Waals surface area contributed by atoms with Crippen LogP contribution in [0.2, 0.25) is 5.15 Å². The van der Waals surface area contributed by atoms with Gasteiger partial charge in [0.2, 0.25) is 0 Å². The SMILES string of the molecule is OCC1COc2c1ccnc2Cl. The van der Waals surface area contributed by atoms with Gasteiger partial charge < -0.3 is 9.84 Å². The Balaban J connectivity index is 2.46. The van der Waals surface area contributed by atoms with Gasteiger partial charge in [-0.15, -0.1) is 0 Å². The van der Waals surface area contributed by atoms with Crippen molar-refractivity contribution in [3.05, 3.63) is 23.0 Å². The zero-order valence-corrected chi connectivity index (χ0v) is 7.08. The van der Waals surface area contributed by atoms with E-state index >= 15 is 0 Å². The average molecular weight is 186 g/mol. The Bertz CT molecular complexity index is 303. The van der Waals surface area contributed by atoms with E-state index in [4.69, 9.17) is 21.4 Å². The zero-order valence-electron chi connectivity index (χ0n) is 6.33. The van der Waals surface area contributed by atoms with Crippen LogP contribution in [0.15, 0.2) is 12.3 Å². The van der Waals surface area contributed by atoms with Crippen LogP contribution in [0.3, 0.4) is 0 Å². The number of hydrogen-bond acceptors (Lipinski definition) is 3. The third-order valence-electron chi connectivity index (χ3n) is 1.98. The van der Waals surface area contributed by atoms with E-state index in [1.54, 1.807) is 6.20 Å². The third-order valence-corrected chi connectivity index (χ3v) is 2.25. The van der Waals surface area contributed by atoms with Crippen LogP contribution in [0.5, 0.6) is 5.75 Å². The van der Waals surface area contributed by atoms with Gasteiger partial charge in [0.15, 0.2) is 10.9 Å². The van der Waals surface area contributed by atoms with Gasteiger partial charge in [-0.1, -0.05) is 11.6 Å². The van der Waals surface area contributed by atoms with Gasteiger partial charge in [-0.05, 0) is 6.07 Å². The molecule has 1 aromatic rings. The quantitative estimate of drug-likeness (QED) is 0.669. The van der Waals surface area contributed by atoms with E-state index in [2.05, 4.69) is 4.98 Å². The molecule has 64 valence electrons. The van der Waals surface area contributed by atoms with Crippen LogP contribution >= 0.6 is 11.6 Å². The number of aliphatic hydroxyl groups excluding tert-OH is 1. The molecule has 0 aliphatic carbocycles. The van der Waals surface area contributed by atoms with Crippen LogP contribution in [0.4, 0.5) is 0 Å². The van der Waals surface area contributed by atoms with E-state index in [0.717, 1.165) is 5.56 Å². The first kappa shape index (κ1) is 7.83. The summed E-state index contributed by atoms with van der Waals surface area (Å²) in [5.74, 6) is 0.679. The fourth-order valence-electron chi connectivity index (χ4n) is 1.33. The van der Waals surface area contributed by atoms with Crippen molar-refractivity contribution in [1.82, 2.24) is 4.98 Å². The number of rotatable bonds is 1. The molecule has 2 heterocycles. The van der Waals surface area contributed by atoms with Gasteiger partial charge in [0.1, 0.15) is 0 Å². The topological polar surface area (TPSA) is 42.4 Å². The van der Waals surface area contributed by atoms with Gasteiger partial charge in [-0.3, -0.25) is 0 Å². The van der Waals surface area contributed by atoms with Gasteiger partial charge in [0.25, 0.3) is 0 Å². The molecule has 0 saturated heterocycles. The number of nitrogens with zero attached hydrogens (tertiary/aromatic N) is 1. The monoisotopic (exact) mass is 185 g/mol. The van der Waals surface area contributed by atoms with Crippen molar-refractivity contribution in [2.45, 2.75) is 5.92 Å². The second-order valence-corrected chi connectivity index (χ2v) is 3.07. The van der Waals surface area contributed by atoms with Crippen LogP contribution in [0.1, 0.15) is 11.5 Å². The fraction of sp³-hybridized carbons (Fsp3) is 0.375. The molecule has 4 heteroatoms. The van der Waals surface area contributed by atoms with Crippen LogP contribution in [-0.4, -0.2) is 23.3 Å². The first-order valence-electron chi connectivity index (χ1n) is 3.71. The maximum atomic E-state index is 8.96. The average Bonchev–Trinajstić information content (AvgIpc) is 2.49. The highest BCUT2D eigenvalue weighted by molar-refractivity contribution is 6.31. The summed E-state index contributed by atoms with van der Waals surface area (Å²) in [6, 6.07) is 1.83. The molecule has 2 rings (SSSR count). The summed E-state index contributed by atoms with van der Waals surface area (Å²) >= 11 is 5.77. The Labute approximate surface area is 75.0 Å². The molecule has 0 spiro atoms. The van der Waals surface area contributed by atoms with E-state index in [1.807, 2.05) is 6.07 Å². The first-order valence-corrected chi connectivity index (χ1v) is 4.08. The molecule has 0 bridgehead atoms. The Morgan fingerprint density at radius 3 is 3.33 bits per heavy atom. The van der Waals surface area contributed by atoms with Crippen molar-refractivity contribution in [1.29, 1.82) is 0 Å². The summed E-state index contributed by atoms with van der Waals surface area (Å²) in [6.07, 6.45) is 1.62. The Morgan fingerprint density at radius 2 is 2.58 bits per heavy atom. The molecule has 1 atom stereocenters. The molecule has 0 amide bonds. The smallest absolute Gasteiger partial charge is 0.171 e. The molecule has 0 saturated carbocycles. The number of aromatic nitrogens is 1. The van der Waals surface area contributed by atoms with E-state index in [1.165, 1.54) is 0 Å². The van der Waals surface area contributed by atoms with Crippen LogP contribution < -0.4 is 4.74 Å². The fourth-order valence-corrected chi connectivity index (χ4v) is 1.55. The van der Waals surface area contributed by atoms with E-state index in [-0.39, 0.29) is 12.5 Å². The lowest BCUT2D eigenvalue weighted by atomic mass is 10.0. The van der Waals surface area contributed by atoms with Crippen molar-refractivity contribution < 1.29 is 9.84 Å². The highest BCUT2D eigenvalue weighted by Gasteiger charge is 2.25. The van der Waals surface area contributed by atoms with Gasteiger partial charge in [0.05, 0.1) is 13.2 Å². The number of halogens is 1. The maximum Gasteiger partial charge on any atom is 0.171 e. The predicted octanol–water partition coefficient (Wildman–Crippen LogP) is 1.20. The summed E-state index contributed by atoms with van der Waals surface area (Å²) in [5, 5.41) is 9.34. The minimum absolute atomic E-state index is 0.0560. The lowest BCUT2D eigenvalue weighted by Crippen LogP contribution is -2.04. The van der Waals surface area contributed by atoms with Crippen molar-refractivity contribution in [3.63, 3.8) is 0 Å². The molecular formula is C8H8ClNO2. The van der Waals surface area contributed by atoms with Gasteiger partial charge >= 0.3 is 0 Å². The second-order valence-electron chi connectivity index (χ2n) is 2.71. The lowest BCUT2D eigenvalue weighted by molar-refractivity contribution is 0.232. The van der Waals surface area contributed by atoms with Crippen molar-refractivity contribution in [2.75, 3.05) is 13.2 Å². The number of ether oxygens (including phenoxy) is 1. The lowest BCUT2D eigenvalue weighted by Gasteiger charge is -2.01. The maximum absolute atomic E-state index is 8.96. The molecular weight excluding hydrogens is 178 g/mol. The number of aliphatic hydroxyl groups is 1. The van der Waals surface area contributed by atoms with Crippen LogP contribution in [0.25, 0.3) is 0 Å². The molecule has 1 aliphatic heterocycles. The molecule has 0 radical (unpaired) electrons. The summed E-state index contributed by atoms with van der Waals surface area (Å²) in [7, 11) is 0. The van der Waals surface area contributed by atoms with E-state index in [9.17, 15) is 0 Å². The minimum atomic E-state index is 0.0560. The van der Waals surface area contributed by atoms with Gasteiger partial charge in [-0.25, -0.2) is 4.98 Å². The molecule has 12 heavy (non-hydrogen) atoms. The highest BCUT2D eigenvalue weighted by Crippen LogP contribution is 2.37. The van der Waals surface area contributed by atoms with E-state index in [0.29, 0.717) is 17.5 Å².